The molecule has 0 radical (unpaired) electrons. The van der Waals surface area contributed by atoms with Gasteiger partial charge in [-0.1, -0.05) is 60.4 Å². The third-order valence-corrected chi connectivity index (χ3v) is 6.97. The van der Waals surface area contributed by atoms with Gasteiger partial charge in [0.25, 0.3) is 0 Å². The topological polar surface area (TPSA) is 64.1 Å². The van der Waals surface area contributed by atoms with Crippen molar-refractivity contribution in [2.24, 2.45) is 0 Å². The van der Waals surface area contributed by atoms with Gasteiger partial charge >= 0.3 is 0 Å². The van der Waals surface area contributed by atoms with Crippen molar-refractivity contribution in [2.45, 2.75) is 63.2 Å². The van der Waals surface area contributed by atoms with E-state index in [9.17, 15) is 4.79 Å². The minimum atomic E-state index is -0.555. The Labute approximate surface area is 164 Å². The third-order valence-electron chi connectivity index (χ3n) is 5.97. The van der Waals surface area contributed by atoms with Gasteiger partial charge in [-0.15, -0.1) is 10.2 Å². The van der Waals surface area contributed by atoms with E-state index >= 15 is 0 Å². The number of ether oxygens (including phenoxy) is 1. The van der Waals surface area contributed by atoms with Crippen LogP contribution in [0.4, 0.5) is 5.13 Å². The van der Waals surface area contributed by atoms with Crippen LogP contribution in [-0.4, -0.2) is 29.3 Å². The fourth-order valence-corrected chi connectivity index (χ4v) is 5.23. The number of nitrogens with zero attached hydrogens (tertiary/aromatic N) is 2. The molecule has 1 saturated carbocycles. The van der Waals surface area contributed by atoms with E-state index in [1.165, 1.54) is 37.7 Å². The molecule has 2 heterocycles. The first-order valence-electron chi connectivity index (χ1n) is 9.97. The van der Waals surface area contributed by atoms with Crippen LogP contribution in [0.15, 0.2) is 24.3 Å². The summed E-state index contributed by atoms with van der Waals surface area (Å²) in [4.78, 5) is 13.4. The van der Waals surface area contributed by atoms with Crippen LogP contribution in [0.25, 0.3) is 0 Å². The quantitative estimate of drug-likeness (QED) is 0.837. The lowest BCUT2D eigenvalue weighted by atomic mass is 9.73. The summed E-state index contributed by atoms with van der Waals surface area (Å²) in [5, 5.41) is 13.4. The fourth-order valence-electron chi connectivity index (χ4n) is 4.33. The molecule has 1 amide bonds. The normalized spacial score (nSPS) is 20.3. The number of amides is 1. The Hall–Kier alpha value is -1.79. The van der Waals surface area contributed by atoms with Crippen molar-refractivity contribution in [3.8, 4) is 0 Å². The van der Waals surface area contributed by atoms with Crippen molar-refractivity contribution >= 4 is 22.4 Å². The maximum atomic E-state index is 13.4. The second-order valence-corrected chi connectivity index (χ2v) is 8.81. The molecule has 1 N–H and O–H groups in total. The highest BCUT2D eigenvalue weighted by atomic mass is 32.1. The standard InChI is InChI=1S/C21H27N3O2S/c1-15-6-5-9-17(14-15)21(10-12-26-13-11-21)19(25)22-20-24-23-18(27-20)16-7-3-2-4-8-16/h5-6,9,14,16H,2-4,7-8,10-13H2,1H3,(H,22,24,25). The molecule has 2 aromatic rings. The summed E-state index contributed by atoms with van der Waals surface area (Å²) in [7, 11) is 0. The third kappa shape index (κ3) is 3.92. The second-order valence-electron chi connectivity index (χ2n) is 7.80. The monoisotopic (exact) mass is 385 g/mol. The van der Waals surface area contributed by atoms with E-state index in [2.05, 4.69) is 40.6 Å². The van der Waals surface area contributed by atoms with Crippen LogP contribution in [0, 0.1) is 6.92 Å². The molecule has 144 valence electrons. The van der Waals surface area contributed by atoms with Crippen LogP contribution in [-0.2, 0) is 14.9 Å². The number of benzene rings is 1. The van der Waals surface area contributed by atoms with Gasteiger partial charge in [-0.3, -0.25) is 10.1 Å². The Morgan fingerprint density at radius 3 is 2.70 bits per heavy atom. The number of aromatic nitrogens is 2. The van der Waals surface area contributed by atoms with Gasteiger partial charge in [-0.05, 0) is 38.2 Å². The van der Waals surface area contributed by atoms with Crippen LogP contribution in [0.2, 0.25) is 0 Å². The zero-order chi connectivity index (χ0) is 18.7. The number of aryl methyl sites for hydroxylation is 1. The molecular weight excluding hydrogens is 358 g/mol. The molecule has 0 unspecified atom stereocenters. The smallest absolute Gasteiger partial charge is 0.237 e. The summed E-state index contributed by atoms with van der Waals surface area (Å²) in [6.07, 6.45) is 7.61. The molecule has 2 fully saturated rings. The van der Waals surface area contributed by atoms with E-state index < -0.39 is 5.41 Å². The molecule has 4 rings (SSSR count). The van der Waals surface area contributed by atoms with Crippen LogP contribution in [0.3, 0.4) is 0 Å². The highest BCUT2D eigenvalue weighted by molar-refractivity contribution is 7.15. The van der Waals surface area contributed by atoms with Gasteiger partial charge in [-0.2, -0.15) is 0 Å². The van der Waals surface area contributed by atoms with Crippen molar-refractivity contribution in [3.63, 3.8) is 0 Å². The van der Waals surface area contributed by atoms with Crippen molar-refractivity contribution < 1.29 is 9.53 Å². The second kappa shape index (κ2) is 8.07. The maximum Gasteiger partial charge on any atom is 0.237 e. The molecule has 1 saturated heterocycles. The van der Waals surface area contributed by atoms with E-state index in [1.807, 2.05) is 6.07 Å². The van der Waals surface area contributed by atoms with E-state index in [1.54, 1.807) is 11.3 Å². The van der Waals surface area contributed by atoms with E-state index in [0.717, 1.165) is 10.6 Å². The first-order valence-corrected chi connectivity index (χ1v) is 10.8. The van der Waals surface area contributed by atoms with Gasteiger partial charge in [0.05, 0.1) is 5.41 Å². The lowest BCUT2D eigenvalue weighted by Gasteiger charge is -2.36. The highest BCUT2D eigenvalue weighted by Crippen LogP contribution is 2.38. The van der Waals surface area contributed by atoms with Gasteiger partial charge in [0.1, 0.15) is 5.01 Å². The molecule has 0 atom stereocenters. The molecule has 6 heteroatoms. The molecule has 1 aliphatic heterocycles. The molecule has 1 aliphatic carbocycles. The number of hydrogen-bond acceptors (Lipinski definition) is 5. The van der Waals surface area contributed by atoms with Crippen LogP contribution >= 0.6 is 11.3 Å². The summed E-state index contributed by atoms with van der Waals surface area (Å²) in [6, 6.07) is 8.28. The maximum absolute atomic E-state index is 13.4. The van der Waals surface area contributed by atoms with Gasteiger partial charge in [-0.25, -0.2) is 0 Å². The lowest BCUT2D eigenvalue weighted by Crippen LogP contribution is -2.44. The summed E-state index contributed by atoms with van der Waals surface area (Å²) in [5.41, 5.74) is 1.68. The first kappa shape index (κ1) is 18.6. The Morgan fingerprint density at radius 2 is 1.96 bits per heavy atom. The van der Waals surface area contributed by atoms with Crippen molar-refractivity contribution in [3.05, 3.63) is 40.4 Å². The minimum absolute atomic E-state index is 0.0164. The summed E-state index contributed by atoms with van der Waals surface area (Å²) >= 11 is 1.54. The predicted molar refractivity (Wildman–Crippen MR) is 107 cm³/mol. The summed E-state index contributed by atoms with van der Waals surface area (Å²) in [6.45, 7) is 3.27. The van der Waals surface area contributed by atoms with Crippen LogP contribution in [0.1, 0.15) is 67.0 Å². The molecule has 0 bridgehead atoms. The molecule has 0 spiro atoms. The van der Waals surface area contributed by atoms with E-state index in [4.69, 9.17) is 4.74 Å². The average molecular weight is 386 g/mol. The van der Waals surface area contributed by atoms with Crippen molar-refractivity contribution in [1.82, 2.24) is 10.2 Å². The molecule has 27 heavy (non-hydrogen) atoms. The number of carbonyl (C=O) groups excluding carboxylic acids is 1. The van der Waals surface area contributed by atoms with E-state index in [-0.39, 0.29) is 5.91 Å². The molecule has 2 aliphatic rings. The summed E-state index contributed by atoms with van der Waals surface area (Å²) in [5.74, 6) is 0.526. The zero-order valence-corrected chi connectivity index (χ0v) is 16.7. The molecule has 5 nitrogen and oxygen atoms in total. The van der Waals surface area contributed by atoms with Crippen molar-refractivity contribution in [2.75, 3.05) is 18.5 Å². The molecular formula is C21H27N3O2S. The van der Waals surface area contributed by atoms with Gasteiger partial charge in [0.15, 0.2) is 0 Å². The van der Waals surface area contributed by atoms with Gasteiger partial charge in [0, 0.05) is 19.1 Å². The van der Waals surface area contributed by atoms with Crippen LogP contribution in [0.5, 0.6) is 0 Å². The van der Waals surface area contributed by atoms with Gasteiger partial charge in [0.2, 0.25) is 11.0 Å². The summed E-state index contributed by atoms with van der Waals surface area (Å²) < 4.78 is 5.55. The number of nitrogens with one attached hydrogen (secondary N) is 1. The SMILES string of the molecule is Cc1cccc(C2(C(=O)Nc3nnc(C4CCCCC4)s3)CCOCC2)c1. The highest BCUT2D eigenvalue weighted by Gasteiger charge is 2.42. The predicted octanol–water partition coefficient (Wildman–Crippen LogP) is 4.58. The number of anilines is 1. The van der Waals surface area contributed by atoms with Crippen molar-refractivity contribution in [1.29, 1.82) is 0 Å². The van der Waals surface area contributed by atoms with E-state index in [0.29, 0.717) is 37.1 Å². The Bertz CT molecular complexity index is 792. The Kier molecular flexibility index (Phi) is 5.55. The fraction of sp³-hybridized carbons (Fsp3) is 0.571. The number of hydrogen-bond donors (Lipinski definition) is 1. The van der Waals surface area contributed by atoms with Crippen LogP contribution < -0.4 is 5.32 Å². The average Bonchev–Trinajstić information content (AvgIpc) is 3.18. The first-order chi connectivity index (χ1) is 13.2. The largest absolute Gasteiger partial charge is 0.381 e. The van der Waals surface area contributed by atoms with Gasteiger partial charge < -0.3 is 4.74 Å². The number of rotatable bonds is 4. The molecule has 1 aromatic carbocycles. The Balaban J connectivity index is 1.55. The Morgan fingerprint density at radius 1 is 1.19 bits per heavy atom. The zero-order valence-electron chi connectivity index (χ0n) is 15.9. The molecule has 1 aromatic heterocycles. The minimum Gasteiger partial charge on any atom is -0.381 e. The number of carbonyl (C=O) groups is 1. The lowest BCUT2D eigenvalue weighted by molar-refractivity contribution is -0.125.